The van der Waals surface area contributed by atoms with Crippen molar-refractivity contribution in [1.82, 2.24) is 0 Å². The topological polar surface area (TPSA) is 53.7 Å². The van der Waals surface area contributed by atoms with Gasteiger partial charge in [0, 0.05) is 32.7 Å². The Balaban J connectivity index is 3.93. The van der Waals surface area contributed by atoms with Gasteiger partial charge in [-0.25, -0.2) is 0 Å². The van der Waals surface area contributed by atoms with E-state index in [1.807, 2.05) is 0 Å². The average molecular weight is 211 g/mol. The standard InChI is InChI=1S/C6H17NO3SSi/c1-8-12(9-2,10-3)5-4-6(7)11/h6,11H,4-5,7H2,1-3H3. The molecule has 0 aliphatic carbocycles. The molecule has 0 heterocycles. The molecule has 1 unspecified atom stereocenters. The molecule has 0 aromatic rings. The molecule has 74 valence electrons. The highest BCUT2D eigenvalue weighted by Crippen LogP contribution is 2.16. The molecule has 0 amide bonds. The first-order valence-electron chi connectivity index (χ1n) is 3.69. The van der Waals surface area contributed by atoms with Crippen LogP contribution in [0.5, 0.6) is 0 Å². The van der Waals surface area contributed by atoms with Crippen molar-refractivity contribution < 1.29 is 13.3 Å². The third-order valence-electron chi connectivity index (χ3n) is 1.68. The van der Waals surface area contributed by atoms with Crippen LogP contribution in [0.3, 0.4) is 0 Å². The first-order chi connectivity index (χ1) is 5.60. The Morgan fingerprint density at radius 3 is 1.92 bits per heavy atom. The third-order valence-corrected chi connectivity index (χ3v) is 4.70. The van der Waals surface area contributed by atoms with Gasteiger partial charge in [-0.3, -0.25) is 0 Å². The van der Waals surface area contributed by atoms with Crippen molar-refractivity contribution in [3.05, 3.63) is 0 Å². The maximum atomic E-state index is 5.48. The molecule has 0 bridgehead atoms. The van der Waals surface area contributed by atoms with Crippen molar-refractivity contribution >= 4 is 21.4 Å². The zero-order valence-electron chi connectivity index (χ0n) is 7.74. The second kappa shape index (κ2) is 5.95. The van der Waals surface area contributed by atoms with Crippen LogP contribution in [0, 0.1) is 0 Å². The molecule has 0 aliphatic heterocycles. The molecule has 0 fully saturated rings. The molecule has 0 aromatic carbocycles. The van der Waals surface area contributed by atoms with Gasteiger partial charge in [-0.2, -0.15) is 12.6 Å². The summed E-state index contributed by atoms with van der Waals surface area (Å²) in [6.07, 6.45) is 0.727. The highest BCUT2D eigenvalue weighted by Gasteiger charge is 2.37. The summed E-state index contributed by atoms with van der Waals surface area (Å²) in [5.41, 5.74) is 5.48. The van der Waals surface area contributed by atoms with E-state index in [1.54, 1.807) is 21.3 Å². The molecule has 2 N–H and O–H groups in total. The van der Waals surface area contributed by atoms with Crippen LogP contribution in [-0.2, 0) is 13.3 Å². The summed E-state index contributed by atoms with van der Waals surface area (Å²) in [5.74, 6) is 0. The van der Waals surface area contributed by atoms with Crippen LogP contribution < -0.4 is 5.73 Å². The van der Waals surface area contributed by atoms with E-state index in [1.165, 1.54) is 0 Å². The van der Waals surface area contributed by atoms with E-state index < -0.39 is 8.80 Å². The van der Waals surface area contributed by atoms with Crippen LogP contribution in [0.2, 0.25) is 6.04 Å². The Bertz CT molecular complexity index is 113. The molecule has 6 heteroatoms. The molecule has 0 radical (unpaired) electrons. The van der Waals surface area contributed by atoms with Crippen molar-refractivity contribution in [2.75, 3.05) is 21.3 Å². The Hall–Kier alpha value is 0.407. The van der Waals surface area contributed by atoms with Crippen molar-refractivity contribution in [1.29, 1.82) is 0 Å². The minimum absolute atomic E-state index is 0.141. The van der Waals surface area contributed by atoms with Gasteiger partial charge in [0.2, 0.25) is 0 Å². The average Bonchev–Trinajstić information content (AvgIpc) is 2.08. The minimum atomic E-state index is -2.41. The van der Waals surface area contributed by atoms with Gasteiger partial charge in [-0.1, -0.05) is 0 Å². The lowest BCUT2D eigenvalue weighted by molar-refractivity contribution is 0.123. The van der Waals surface area contributed by atoms with Gasteiger partial charge < -0.3 is 19.0 Å². The zero-order chi connectivity index (χ0) is 9.61. The number of hydrogen-bond acceptors (Lipinski definition) is 5. The summed E-state index contributed by atoms with van der Waals surface area (Å²) < 4.78 is 15.6. The summed E-state index contributed by atoms with van der Waals surface area (Å²) in [6, 6.07) is 0.696. The quantitative estimate of drug-likeness (QED) is 0.381. The van der Waals surface area contributed by atoms with E-state index in [2.05, 4.69) is 12.6 Å². The highest BCUT2D eigenvalue weighted by atomic mass is 32.1. The fraction of sp³-hybridized carbons (Fsp3) is 1.00. The van der Waals surface area contributed by atoms with Crippen LogP contribution in [0.4, 0.5) is 0 Å². The van der Waals surface area contributed by atoms with Crippen LogP contribution in [0.15, 0.2) is 0 Å². The largest absolute Gasteiger partial charge is 0.500 e. The fourth-order valence-electron chi connectivity index (χ4n) is 0.881. The summed E-state index contributed by atoms with van der Waals surface area (Å²) in [6.45, 7) is 0. The SMILES string of the molecule is CO[Si](CCC(N)S)(OC)OC. The zero-order valence-corrected chi connectivity index (χ0v) is 9.64. The van der Waals surface area contributed by atoms with Crippen molar-refractivity contribution in [2.45, 2.75) is 17.8 Å². The van der Waals surface area contributed by atoms with E-state index >= 15 is 0 Å². The predicted octanol–water partition coefficient (Wildman–Crippen LogP) is 0.469. The second-order valence-corrected chi connectivity index (χ2v) is 6.16. The Kier molecular flexibility index (Phi) is 6.15. The van der Waals surface area contributed by atoms with E-state index in [0.29, 0.717) is 6.04 Å². The summed E-state index contributed by atoms with van der Waals surface area (Å²) in [4.78, 5) is 0. The van der Waals surface area contributed by atoms with Crippen molar-refractivity contribution in [3.63, 3.8) is 0 Å². The van der Waals surface area contributed by atoms with Crippen molar-refractivity contribution in [3.8, 4) is 0 Å². The monoisotopic (exact) mass is 211 g/mol. The third kappa shape index (κ3) is 3.88. The number of nitrogens with two attached hydrogens (primary N) is 1. The van der Waals surface area contributed by atoms with Gasteiger partial charge in [0.1, 0.15) is 0 Å². The molecule has 0 saturated heterocycles. The van der Waals surface area contributed by atoms with Gasteiger partial charge >= 0.3 is 8.80 Å². The maximum Gasteiger partial charge on any atom is 0.500 e. The maximum absolute atomic E-state index is 5.48. The molecule has 0 rings (SSSR count). The lowest BCUT2D eigenvalue weighted by atomic mass is 10.5. The first-order valence-corrected chi connectivity index (χ1v) is 6.14. The van der Waals surface area contributed by atoms with Gasteiger partial charge in [0.05, 0.1) is 0 Å². The number of hydrogen-bond donors (Lipinski definition) is 2. The predicted molar refractivity (Wildman–Crippen MR) is 53.2 cm³/mol. The van der Waals surface area contributed by atoms with E-state index in [4.69, 9.17) is 19.0 Å². The molecule has 12 heavy (non-hydrogen) atoms. The minimum Gasteiger partial charge on any atom is -0.377 e. The van der Waals surface area contributed by atoms with Gasteiger partial charge in [0.15, 0.2) is 0 Å². The van der Waals surface area contributed by atoms with E-state index in [0.717, 1.165) is 6.42 Å². The molecular formula is C6H17NO3SSi. The molecular weight excluding hydrogens is 194 g/mol. The smallest absolute Gasteiger partial charge is 0.377 e. The van der Waals surface area contributed by atoms with Crippen LogP contribution in [-0.4, -0.2) is 35.5 Å². The van der Waals surface area contributed by atoms with E-state index in [9.17, 15) is 0 Å². The Morgan fingerprint density at radius 1 is 1.25 bits per heavy atom. The molecule has 0 aliphatic rings. The number of thiol groups is 1. The second-order valence-electron chi connectivity index (χ2n) is 2.40. The fourth-order valence-corrected chi connectivity index (χ4v) is 3.03. The van der Waals surface area contributed by atoms with Crippen LogP contribution >= 0.6 is 12.6 Å². The molecule has 4 nitrogen and oxygen atoms in total. The molecule has 0 spiro atoms. The van der Waals surface area contributed by atoms with Crippen LogP contribution in [0.25, 0.3) is 0 Å². The lowest BCUT2D eigenvalue weighted by Crippen LogP contribution is -2.43. The van der Waals surface area contributed by atoms with E-state index in [-0.39, 0.29) is 5.37 Å². The Morgan fingerprint density at radius 2 is 1.67 bits per heavy atom. The highest BCUT2D eigenvalue weighted by molar-refractivity contribution is 7.80. The van der Waals surface area contributed by atoms with Gasteiger partial charge in [-0.15, -0.1) is 0 Å². The normalized spacial score (nSPS) is 14.8. The molecule has 1 atom stereocenters. The summed E-state index contributed by atoms with van der Waals surface area (Å²) in [5, 5.41) is -0.141. The number of rotatable bonds is 6. The first kappa shape index (κ1) is 12.4. The summed E-state index contributed by atoms with van der Waals surface area (Å²) >= 11 is 4.06. The van der Waals surface area contributed by atoms with Crippen molar-refractivity contribution in [2.24, 2.45) is 5.73 Å². The molecule has 0 saturated carbocycles. The summed E-state index contributed by atoms with van der Waals surface area (Å²) in [7, 11) is 2.35. The Labute approximate surface area is 80.2 Å². The molecule has 0 aromatic heterocycles. The van der Waals surface area contributed by atoms with Gasteiger partial charge in [0.25, 0.3) is 0 Å². The van der Waals surface area contributed by atoms with Crippen LogP contribution in [0.1, 0.15) is 6.42 Å². The lowest BCUT2D eigenvalue weighted by Gasteiger charge is -2.24. The van der Waals surface area contributed by atoms with Gasteiger partial charge in [-0.05, 0) is 6.42 Å².